The molecule has 0 aromatic carbocycles. The van der Waals surface area contributed by atoms with Crippen LogP contribution in [0.25, 0.3) is 0 Å². The van der Waals surface area contributed by atoms with Crippen molar-refractivity contribution >= 4 is 26.1 Å². The summed E-state index contributed by atoms with van der Waals surface area (Å²) < 4.78 is 11.8. The van der Waals surface area contributed by atoms with Gasteiger partial charge in [-0.1, -0.05) is 34.1 Å². The van der Waals surface area contributed by atoms with Gasteiger partial charge in [0.25, 0.3) is 0 Å². The van der Waals surface area contributed by atoms with Gasteiger partial charge in [-0.2, -0.15) is 4.98 Å². The van der Waals surface area contributed by atoms with Gasteiger partial charge in [-0.15, -0.1) is 0 Å². The summed E-state index contributed by atoms with van der Waals surface area (Å²) in [6.45, 7) is 16.6. The normalized spacial score (nSPS) is 19.7. The molecule has 1 fully saturated rings. The zero-order chi connectivity index (χ0) is 23.1. The van der Waals surface area contributed by atoms with E-state index in [2.05, 4.69) is 61.4 Å². The van der Waals surface area contributed by atoms with Gasteiger partial charge in [0, 0.05) is 24.9 Å². The van der Waals surface area contributed by atoms with Gasteiger partial charge in [0.15, 0.2) is 8.32 Å². The summed E-state index contributed by atoms with van der Waals surface area (Å²) in [6, 6.07) is 0.255. The number of carbonyl (C=O) groups is 1. The fraction of sp³-hybridized carbons (Fsp3) is 0.783. The molecular formula is C23H42N4O3Si. The van der Waals surface area contributed by atoms with E-state index in [4.69, 9.17) is 9.16 Å². The summed E-state index contributed by atoms with van der Waals surface area (Å²) in [7, 11) is -1.76. The number of carbonyl (C=O) groups excluding carboxylic acids is 1. The average Bonchev–Trinajstić information content (AvgIpc) is 2.69. The second kappa shape index (κ2) is 11.3. The zero-order valence-electron chi connectivity index (χ0n) is 20.5. The molecular weight excluding hydrogens is 408 g/mol. The fourth-order valence-corrected chi connectivity index (χ4v) is 4.85. The van der Waals surface area contributed by atoms with Crippen LogP contribution in [0.2, 0.25) is 18.1 Å². The van der Waals surface area contributed by atoms with Crippen molar-refractivity contribution in [2.24, 2.45) is 0 Å². The summed E-state index contributed by atoms with van der Waals surface area (Å²) in [5.74, 6) is 0.709. The molecule has 1 heterocycles. The molecule has 8 heteroatoms. The zero-order valence-corrected chi connectivity index (χ0v) is 21.5. The Kier molecular flexibility index (Phi) is 9.30. The van der Waals surface area contributed by atoms with Crippen molar-refractivity contribution in [2.75, 3.05) is 23.8 Å². The summed E-state index contributed by atoms with van der Waals surface area (Å²) in [5.41, 5.74) is 0.391. The Morgan fingerprint density at radius 3 is 2.45 bits per heavy atom. The lowest BCUT2D eigenvalue weighted by Gasteiger charge is -2.41. The molecule has 31 heavy (non-hydrogen) atoms. The fourth-order valence-electron chi connectivity index (χ4n) is 3.42. The predicted molar refractivity (Wildman–Crippen MR) is 129 cm³/mol. The minimum atomic E-state index is -1.76. The van der Waals surface area contributed by atoms with E-state index in [1.165, 1.54) is 0 Å². The minimum absolute atomic E-state index is 0.221. The molecule has 1 saturated carbocycles. The molecule has 1 aromatic heterocycles. The third-order valence-corrected chi connectivity index (χ3v) is 10.9. The molecule has 0 amide bonds. The van der Waals surface area contributed by atoms with Crippen molar-refractivity contribution in [3.05, 3.63) is 11.8 Å². The first kappa shape index (κ1) is 25.6. The highest BCUT2D eigenvalue weighted by Gasteiger charge is 2.39. The van der Waals surface area contributed by atoms with E-state index in [0.29, 0.717) is 30.0 Å². The van der Waals surface area contributed by atoms with E-state index in [9.17, 15) is 4.79 Å². The molecule has 0 radical (unpaired) electrons. The van der Waals surface area contributed by atoms with Crippen molar-refractivity contribution < 1.29 is 14.0 Å². The van der Waals surface area contributed by atoms with Crippen LogP contribution in [0.1, 0.15) is 83.5 Å². The number of hydrogen-bond donors (Lipinski definition) is 2. The first-order valence-corrected chi connectivity index (χ1v) is 14.7. The standard InChI is InChI=1S/C23H42N4O3Si/c1-8-10-15-24-22-25-16-19(21(28)29-9-2)20(27-22)26-17-11-13-18(14-12-17)30-31(6,7)23(3,4)5/h16-18H,8-15H2,1-7H3,(H2,24,25,26,27). The Bertz CT molecular complexity index is 713. The molecule has 1 aliphatic carbocycles. The van der Waals surface area contributed by atoms with Crippen LogP contribution >= 0.6 is 0 Å². The third kappa shape index (κ3) is 7.45. The van der Waals surface area contributed by atoms with Gasteiger partial charge in [0.05, 0.1) is 6.61 Å². The average molecular weight is 451 g/mol. The van der Waals surface area contributed by atoms with Crippen LogP contribution in [0.15, 0.2) is 6.20 Å². The van der Waals surface area contributed by atoms with Crippen molar-refractivity contribution in [1.29, 1.82) is 0 Å². The number of hydrogen-bond acceptors (Lipinski definition) is 7. The molecule has 2 N–H and O–H groups in total. The van der Waals surface area contributed by atoms with E-state index >= 15 is 0 Å². The van der Waals surface area contributed by atoms with Gasteiger partial charge in [-0.25, -0.2) is 9.78 Å². The molecule has 0 unspecified atom stereocenters. The molecule has 0 spiro atoms. The lowest BCUT2D eigenvalue weighted by Crippen LogP contribution is -2.45. The molecule has 1 aromatic rings. The maximum Gasteiger partial charge on any atom is 0.343 e. The molecule has 2 rings (SSSR count). The van der Waals surface area contributed by atoms with Crippen molar-refractivity contribution in [2.45, 2.75) is 103 Å². The van der Waals surface area contributed by atoms with Gasteiger partial charge in [-0.05, 0) is 57.2 Å². The predicted octanol–water partition coefficient (Wildman–Crippen LogP) is 5.61. The van der Waals surface area contributed by atoms with E-state index in [1.807, 2.05) is 0 Å². The summed E-state index contributed by atoms with van der Waals surface area (Å²) in [4.78, 5) is 21.3. The Morgan fingerprint density at radius 2 is 1.87 bits per heavy atom. The molecule has 0 saturated heterocycles. The summed E-state index contributed by atoms with van der Waals surface area (Å²) in [5, 5.41) is 6.96. The Hall–Kier alpha value is -1.67. The lowest BCUT2D eigenvalue weighted by atomic mass is 9.93. The molecule has 7 nitrogen and oxygen atoms in total. The largest absolute Gasteiger partial charge is 0.462 e. The Morgan fingerprint density at radius 1 is 1.19 bits per heavy atom. The van der Waals surface area contributed by atoms with E-state index in [0.717, 1.165) is 45.1 Å². The van der Waals surface area contributed by atoms with Crippen LogP contribution in [0.5, 0.6) is 0 Å². The van der Waals surface area contributed by atoms with E-state index < -0.39 is 8.32 Å². The molecule has 0 bridgehead atoms. The molecule has 0 atom stereocenters. The molecule has 1 aliphatic rings. The SMILES string of the molecule is CCCCNc1ncc(C(=O)OCC)c(NC2CCC(O[Si](C)(C)C(C)(C)C)CC2)n1. The highest BCUT2D eigenvalue weighted by molar-refractivity contribution is 6.74. The van der Waals surface area contributed by atoms with Crippen molar-refractivity contribution in [3.63, 3.8) is 0 Å². The number of aromatic nitrogens is 2. The highest BCUT2D eigenvalue weighted by atomic mass is 28.4. The minimum Gasteiger partial charge on any atom is -0.462 e. The summed E-state index contributed by atoms with van der Waals surface area (Å²) in [6.07, 6.45) is 8.04. The number of ether oxygens (including phenoxy) is 1. The van der Waals surface area contributed by atoms with Gasteiger partial charge in [0.2, 0.25) is 5.95 Å². The lowest BCUT2D eigenvalue weighted by molar-refractivity contribution is 0.0526. The van der Waals surface area contributed by atoms with E-state index in [-0.39, 0.29) is 17.0 Å². The van der Waals surface area contributed by atoms with Gasteiger partial charge >= 0.3 is 5.97 Å². The van der Waals surface area contributed by atoms with Crippen LogP contribution in [-0.4, -0.2) is 49.6 Å². The quantitative estimate of drug-likeness (QED) is 0.272. The maximum absolute atomic E-state index is 12.4. The first-order valence-electron chi connectivity index (χ1n) is 11.8. The second-order valence-electron chi connectivity index (χ2n) is 9.95. The van der Waals surface area contributed by atoms with Gasteiger partial charge < -0.3 is 19.8 Å². The third-order valence-electron chi connectivity index (χ3n) is 6.38. The Balaban J connectivity index is 2.04. The Labute approximate surface area is 189 Å². The van der Waals surface area contributed by atoms with Crippen LogP contribution in [0, 0.1) is 0 Å². The number of anilines is 2. The number of nitrogens with one attached hydrogen (secondary N) is 2. The monoisotopic (exact) mass is 450 g/mol. The topological polar surface area (TPSA) is 85.4 Å². The van der Waals surface area contributed by atoms with Crippen LogP contribution in [0.4, 0.5) is 11.8 Å². The van der Waals surface area contributed by atoms with Crippen molar-refractivity contribution in [1.82, 2.24) is 9.97 Å². The smallest absolute Gasteiger partial charge is 0.343 e. The summed E-state index contributed by atoms with van der Waals surface area (Å²) >= 11 is 0. The van der Waals surface area contributed by atoms with Crippen molar-refractivity contribution in [3.8, 4) is 0 Å². The van der Waals surface area contributed by atoms with Gasteiger partial charge in [-0.3, -0.25) is 0 Å². The van der Waals surface area contributed by atoms with E-state index in [1.54, 1.807) is 13.1 Å². The van der Waals surface area contributed by atoms with Crippen LogP contribution in [-0.2, 0) is 9.16 Å². The number of unbranched alkanes of at least 4 members (excludes halogenated alkanes) is 1. The number of rotatable bonds is 10. The van der Waals surface area contributed by atoms with Crippen LogP contribution < -0.4 is 10.6 Å². The molecule has 0 aliphatic heterocycles. The second-order valence-corrected chi connectivity index (χ2v) is 14.7. The first-order chi connectivity index (χ1) is 14.6. The number of nitrogens with zero attached hydrogens (tertiary/aromatic N) is 2. The highest BCUT2D eigenvalue weighted by Crippen LogP contribution is 2.39. The number of esters is 1. The van der Waals surface area contributed by atoms with Crippen LogP contribution in [0.3, 0.4) is 0 Å². The molecule has 176 valence electrons. The maximum atomic E-state index is 12.4. The van der Waals surface area contributed by atoms with Gasteiger partial charge in [0.1, 0.15) is 11.4 Å².